The molecule has 0 N–H and O–H groups in total. The van der Waals surface area contributed by atoms with Gasteiger partial charge in [0.05, 0.1) is 22.1 Å². The molecule has 0 fully saturated rings. The summed E-state index contributed by atoms with van der Waals surface area (Å²) in [6.45, 7) is 0. The van der Waals surface area contributed by atoms with Gasteiger partial charge in [0.15, 0.2) is 8.07 Å². The average Bonchev–Trinajstić information content (AvgIpc) is 3.89. The van der Waals surface area contributed by atoms with Gasteiger partial charge in [0.1, 0.15) is 0 Å². The molecule has 12 rings (SSSR count). The van der Waals surface area contributed by atoms with Gasteiger partial charge in [0, 0.05) is 32.9 Å². The second kappa shape index (κ2) is 9.84. The normalized spacial score (nSPS) is 13.6. The van der Waals surface area contributed by atoms with Crippen molar-refractivity contribution in [1.29, 1.82) is 0 Å². The summed E-state index contributed by atoms with van der Waals surface area (Å²) in [7, 11) is -2.57. The van der Waals surface area contributed by atoms with Crippen molar-refractivity contribution < 1.29 is 0 Å². The molecule has 0 bridgehead atoms. The van der Waals surface area contributed by atoms with Crippen LogP contribution in [0.2, 0.25) is 0 Å². The van der Waals surface area contributed by atoms with Gasteiger partial charge in [-0.15, -0.1) is 0 Å². The molecule has 0 atom stereocenters. The summed E-state index contributed by atoms with van der Waals surface area (Å²) in [6, 6.07) is 68.4. The van der Waals surface area contributed by atoms with E-state index in [0.717, 1.165) is 0 Å². The highest BCUT2D eigenvalue weighted by Gasteiger charge is 2.53. The summed E-state index contributed by atoms with van der Waals surface area (Å²) in [4.78, 5) is 0. The third kappa shape index (κ3) is 3.37. The fourth-order valence-electron chi connectivity index (χ4n) is 9.79. The highest BCUT2D eigenvalue weighted by atomic mass is 28.3. The Balaban J connectivity index is 1.20. The second-order valence-electron chi connectivity index (χ2n) is 14.0. The summed E-state index contributed by atoms with van der Waals surface area (Å²) in [5.74, 6) is 0. The van der Waals surface area contributed by atoms with Crippen molar-refractivity contribution in [1.82, 2.24) is 9.13 Å². The van der Waals surface area contributed by atoms with Crippen LogP contribution in [0.5, 0.6) is 0 Å². The highest BCUT2D eigenvalue weighted by molar-refractivity contribution is 7.24. The largest absolute Gasteiger partial charge is 0.309 e. The maximum Gasteiger partial charge on any atom is 0.182 e. The SMILES string of the molecule is c1ccc(-n2c3ccccc3c3cc4c5ccccc5n(-c5ccc6c(c5)[Si]5(c7ccccc7-c7ccccc75)c5ccccc5-6)c4cc32)cc1. The van der Waals surface area contributed by atoms with E-state index in [1.807, 2.05) is 0 Å². The molecular weight excluding hydrogens is 633 g/mol. The topological polar surface area (TPSA) is 9.86 Å². The fourth-order valence-corrected chi connectivity index (χ4v) is 15.4. The van der Waals surface area contributed by atoms with Crippen molar-refractivity contribution in [2.24, 2.45) is 0 Å². The van der Waals surface area contributed by atoms with Crippen LogP contribution in [0.4, 0.5) is 0 Å². The van der Waals surface area contributed by atoms with Crippen molar-refractivity contribution in [2.75, 3.05) is 0 Å². The molecule has 0 saturated carbocycles. The van der Waals surface area contributed by atoms with Gasteiger partial charge in [-0.05, 0) is 91.5 Å². The van der Waals surface area contributed by atoms with Crippen LogP contribution < -0.4 is 20.7 Å². The van der Waals surface area contributed by atoms with E-state index in [9.17, 15) is 0 Å². The lowest BCUT2D eigenvalue weighted by molar-refractivity contribution is 1.17. The molecule has 8 aromatic carbocycles. The fraction of sp³-hybridized carbons (Fsp3) is 0. The lowest BCUT2D eigenvalue weighted by Gasteiger charge is -2.28. The minimum atomic E-state index is -2.57. The van der Waals surface area contributed by atoms with Gasteiger partial charge in [0.25, 0.3) is 0 Å². The standard InChI is InChI=1S/C48H30N2Si/c1-2-14-31(15-3-1)49-41-21-9-4-16-33(41)39-29-40-34-17-5-10-22-42(34)50(44(40)30-43(39)49)32-26-27-38-37-20-8-13-25-47(37)51(48(38)28-32)45-23-11-6-18-35(45)36-19-7-12-24-46(36)51/h1-30H. The third-order valence-corrected chi connectivity index (χ3v) is 16.7. The first kappa shape index (κ1) is 27.4. The van der Waals surface area contributed by atoms with Gasteiger partial charge in [-0.2, -0.15) is 0 Å². The first-order valence-corrected chi connectivity index (χ1v) is 19.8. The Morgan fingerprint density at radius 2 is 0.725 bits per heavy atom. The Labute approximate surface area is 296 Å². The maximum absolute atomic E-state index is 2.57. The Bertz CT molecular complexity index is 3030. The lowest BCUT2D eigenvalue weighted by Crippen LogP contribution is -2.70. The minimum absolute atomic E-state index is 1.17. The molecule has 10 aromatic rings. The van der Waals surface area contributed by atoms with Gasteiger partial charge < -0.3 is 9.13 Å². The van der Waals surface area contributed by atoms with Crippen molar-refractivity contribution in [2.45, 2.75) is 0 Å². The van der Waals surface area contributed by atoms with Crippen LogP contribution in [0.3, 0.4) is 0 Å². The smallest absolute Gasteiger partial charge is 0.182 e. The zero-order valence-corrected chi connectivity index (χ0v) is 28.7. The number of rotatable bonds is 2. The Morgan fingerprint density at radius 3 is 1.29 bits per heavy atom. The Hall–Kier alpha value is -6.42. The number of hydrogen-bond donors (Lipinski definition) is 0. The first-order chi connectivity index (χ1) is 25.3. The molecule has 2 aliphatic heterocycles. The van der Waals surface area contributed by atoms with Crippen LogP contribution in [-0.4, -0.2) is 17.2 Å². The molecule has 236 valence electrons. The molecular formula is C48H30N2Si. The number of nitrogens with zero attached hydrogens (tertiary/aromatic N) is 2. The molecule has 2 aromatic heterocycles. The zero-order valence-electron chi connectivity index (χ0n) is 27.7. The Morgan fingerprint density at radius 1 is 0.275 bits per heavy atom. The van der Waals surface area contributed by atoms with Gasteiger partial charge >= 0.3 is 0 Å². The van der Waals surface area contributed by atoms with E-state index in [0.29, 0.717) is 0 Å². The van der Waals surface area contributed by atoms with Crippen LogP contribution in [0.1, 0.15) is 0 Å². The Kier molecular flexibility index (Phi) is 5.29. The number of fused-ring (bicyclic) bond motifs is 16. The average molecular weight is 663 g/mol. The summed E-state index contributed by atoms with van der Waals surface area (Å²) in [6.07, 6.45) is 0. The minimum Gasteiger partial charge on any atom is -0.309 e. The van der Waals surface area contributed by atoms with Gasteiger partial charge in [0.2, 0.25) is 0 Å². The molecule has 4 heterocycles. The van der Waals surface area contributed by atoms with Crippen LogP contribution in [0, 0.1) is 0 Å². The first-order valence-electron chi connectivity index (χ1n) is 17.8. The number of aromatic nitrogens is 2. The van der Waals surface area contributed by atoms with E-state index in [1.165, 1.54) is 98.0 Å². The summed E-state index contributed by atoms with van der Waals surface area (Å²) >= 11 is 0. The zero-order chi connectivity index (χ0) is 33.3. The van der Waals surface area contributed by atoms with Crippen molar-refractivity contribution >= 4 is 72.4 Å². The predicted octanol–water partition coefficient (Wildman–Crippen LogP) is 9.22. The lowest BCUT2D eigenvalue weighted by atomic mass is 10.1. The van der Waals surface area contributed by atoms with Crippen LogP contribution in [0.25, 0.3) is 77.2 Å². The van der Waals surface area contributed by atoms with Gasteiger partial charge in [-0.1, -0.05) is 133 Å². The van der Waals surface area contributed by atoms with Crippen molar-refractivity contribution in [3.8, 4) is 33.6 Å². The van der Waals surface area contributed by atoms with Crippen LogP contribution >= 0.6 is 0 Å². The molecule has 0 saturated heterocycles. The van der Waals surface area contributed by atoms with Crippen molar-refractivity contribution in [3.63, 3.8) is 0 Å². The molecule has 1 spiro atoms. The van der Waals surface area contributed by atoms with Crippen LogP contribution in [-0.2, 0) is 0 Å². The molecule has 51 heavy (non-hydrogen) atoms. The van der Waals surface area contributed by atoms with E-state index < -0.39 is 8.07 Å². The summed E-state index contributed by atoms with van der Waals surface area (Å²) in [5.41, 5.74) is 12.8. The number of benzene rings is 8. The molecule has 0 aliphatic carbocycles. The van der Waals surface area contributed by atoms with E-state index in [4.69, 9.17) is 0 Å². The van der Waals surface area contributed by atoms with Crippen LogP contribution in [0.15, 0.2) is 182 Å². The number of hydrogen-bond acceptors (Lipinski definition) is 0. The molecule has 2 aliphatic rings. The quantitative estimate of drug-likeness (QED) is 0.163. The molecule has 2 nitrogen and oxygen atoms in total. The van der Waals surface area contributed by atoms with E-state index in [2.05, 4.69) is 191 Å². The highest BCUT2D eigenvalue weighted by Crippen LogP contribution is 2.41. The molecule has 0 unspecified atom stereocenters. The van der Waals surface area contributed by atoms with Gasteiger partial charge in [-0.25, -0.2) is 0 Å². The third-order valence-electron chi connectivity index (χ3n) is 11.7. The van der Waals surface area contributed by atoms with Crippen molar-refractivity contribution in [3.05, 3.63) is 182 Å². The van der Waals surface area contributed by atoms with E-state index in [-0.39, 0.29) is 0 Å². The maximum atomic E-state index is 2.56. The molecule has 3 heteroatoms. The predicted molar refractivity (Wildman–Crippen MR) is 217 cm³/mol. The van der Waals surface area contributed by atoms with E-state index in [1.54, 1.807) is 0 Å². The molecule has 0 amide bonds. The number of para-hydroxylation sites is 3. The molecule has 0 radical (unpaired) electrons. The summed E-state index contributed by atoms with van der Waals surface area (Å²) < 4.78 is 4.95. The second-order valence-corrected chi connectivity index (χ2v) is 17.7. The van der Waals surface area contributed by atoms with E-state index >= 15 is 0 Å². The van der Waals surface area contributed by atoms with Gasteiger partial charge in [-0.3, -0.25) is 0 Å². The monoisotopic (exact) mass is 662 g/mol. The summed E-state index contributed by atoms with van der Waals surface area (Å²) in [5, 5.41) is 11.1.